The van der Waals surface area contributed by atoms with Crippen molar-refractivity contribution < 1.29 is 19.4 Å². The molecular weight excluding hydrogens is 465 g/mol. The van der Waals surface area contributed by atoms with Crippen LogP contribution in [0.5, 0.6) is 0 Å². The van der Waals surface area contributed by atoms with Gasteiger partial charge in [-0.2, -0.15) is 0 Å². The lowest BCUT2D eigenvalue weighted by molar-refractivity contribution is -0.252. The zero-order valence-electron chi connectivity index (χ0n) is 18.1. The maximum atomic E-state index is 11.2. The van der Waals surface area contributed by atoms with E-state index >= 15 is 0 Å². The van der Waals surface area contributed by atoms with E-state index in [0.29, 0.717) is 24.7 Å². The molecule has 3 aromatic rings. The van der Waals surface area contributed by atoms with Gasteiger partial charge in [0.05, 0.1) is 31.7 Å². The second-order valence-electron chi connectivity index (χ2n) is 7.98. The SMILES string of the molecule is CC(=O)NCc1ccc([C@H]2O[C@@H](Cn3cnc(Cl)c3Cl)C[C@@H](c3ccc(CO)cc3)O2)cc1. The van der Waals surface area contributed by atoms with Crippen molar-refractivity contribution in [3.63, 3.8) is 0 Å². The summed E-state index contributed by atoms with van der Waals surface area (Å²) in [5.41, 5.74) is 3.70. The Labute approximate surface area is 202 Å². The molecule has 33 heavy (non-hydrogen) atoms. The molecular formula is C24H25Cl2N3O4. The number of benzene rings is 2. The fraction of sp³-hybridized carbons (Fsp3) is 0.333. The van der Waals surface area contributed by atoms with Crippen LogP contribution in [0, 0.1) is 0 Å². The minimum Gasteiger partial charge on any atom is -0.392 e. The van der Waals surface area contributed by atoms with Crippen molar-refractivity contribution in [2.75, 3.05) is 0 Å². The summed E-state index contributed by atoms with van der Waals surface area (Å²) >= 11 is 12.3. The third kappa shape index (κ3) is 5.93. The van der Waals surface area contributed by atoms with Gasteiger partial charge in [0.15, 0.2) is 11.4 Å². The number of aliphatic hydroxyl groups excluding tert-OH is 1. The van der Waals surface area contributed by atoms with Gasteiger partial charge in [-0.15, -0.1) is 0 Å². The normalized spacial score (nSPS) is 20.5. The van der Waals surface area contributed by atoms with E-state index < -0.39 is 6.29 Å². The lowest BCUT2D eigenvalue weighted by Crippen LogP contribution is -2.32. The summed E-state index contributed by atoms with van der Waals surface area (Å²) in [6.07, 6.45) is 1.22. The summed E-state index contributed by atoms with van der Waals surface area (Å²) in [6, 6.07) is 15.5. The Balaban J connectivity index is 1.55. The molecule has 0 aliphatic carbocycles. The van der Waals surface area contributed by atoms with Gasteiger partial charge in [-0.1, -0.05) is 71.7 Å². The van der Waals surface area contributed by atoms with Crippen LogP contribution in [0.1, 0.15) is 48.0 Å². The van der Waals surface area contributed by atoms with Crippen molar-refractivity contribution in [2.45, 2.75) is 51.5 Å². The topological polar surface area (TPSA) is 85.6 Å². The van der Waals surface area contributed by atoms with Crippen molar-refractivity contribution in [1.29, 1.82) is 0 Å². The average Bonchev–Trinajstić information content (AvgIpc) is 3.15. The van der Waals surface area contributed by atoms with E-state index in [9.17, 15) is 9.90 Å². The van der Waals surface area contributed by atoms with Crippen LogP contribution < -0.4 is 5.32 Å². The summed E-state index contributed by atoms with van der Waals surface area (Å²) < 4.78 is 14.4. The summed E-state index contributed by atoms with van der Waals surface area (Å²) in [6.45, 7) is 2.42. The Hall–Kier alpha value is -2.42. The number of aliphatic hydroxyl groups is 1. The van der Waals surface area contributed by atoms with Crippen LogP contribution in [0.4, 0.5) is 0 Å². The maximum Gasteiger partial charge on any atom is 0.217 e. The molecule has 4 rings (SSSR count). The molecule has 2 N–H and O–H groups in total. The van der Waals surface area contributed by atoms with Gasteiger partial charge in [0.2, 0.25) is 5.91 Å². The molecule has 2 heterocycles. The highest BCUT2D eigenvalue weighted by Gasteiger charge is 2.32. The summed E-state index contributed by atoms with van der Waals surface area (Å²) in [5, 5.41) is 12.8. The first-order chi connectivity index (χ1) is 15.9. The average molecular weight is 490 g/mol. The molecule has 0 spiro atoms. The molecule has 0 unspecified atom stereocenters. The Morgan fingerprint density at radius 3 is 2.36 bits per heavy atom. The molecule has 7 nitrogen and oxygen atoms in total. The van der Waals surface area contributed by atoms with Gasteiger partial charge in [0.1, 0.15) is 5.15 Å². The number of ether oxygens (including phenoxy) is 2. The number of aromatic nitrogens is 2. The Bertz CT molecular complexity index is 1090. The number of rotatable bonds is 7. The van der Waals surface area contributed by atoms with Gasteiger partial charge in [0, 0.05) is 25.5 Å². The lowest BCUT2D eigenvalue weighted by atomic mass is 10.00. The molecule has 9 heteroatoms. The fourth-order valence-corrected chi connectivity index (χ4v) is 4.06. The van der Waals surface area contributed by atoms with Crippen LogP contribution in [0.3, 0.4) is 0 Å². The first-order valence-corrected chi connectivity index (χ1v) is 11.4. The number of amides is 1. The van der Waals surface area contributed by atoms with Crippen LogP contribution in [0.25, 0.3) is 0 Å². The molecule has 3 atom stereocenters. The summed E-state index contributed by atoms with van der Waals surface area (Å²) in [4.78, 5) is 15.2. The molecule has 1 fully saturated rings. The Morgan fingerprint density at radius 2 is 1.76 bits per heavy atom. The largest absolute Gasteiger partial charge is 0.392 e. The third-order valence-electron chi connectivity index (χ3n) is 5.54. The number of nitrogens with one attached hydrogen (secondary N) is 1. The highest BCUT2D eigenvalue weighted by molar-refractivity contribution is 6.40. The molecule has 1 aromatic heterocycles. The minimum absolute atomic E-state index is 0.00904. The van der Waals surface area contributed by atoms with Crippen LogP contribution in [0.2, 0.25) is 10.3 Å². The quantitative estimate of drug-likeness (QED) is 0.507. The molecule has 1 saturated heterocycles. The van der Waals surface area contributed by atoms with E-state index in [1.165, 1.54) is 6.92 Å². The number of imidazole rings is 1. The minimum atomic E-state index is -0.584. The van der Waals surface area contributed by atoms with E-state index in [4.69, 9.17) is 32.7 Å². The molecule has 2 aromatic carbocycles. The molecule has 0 radical (unpaired) electrons. The zero-order chi connectivity index (χ0) is 23.4. The van der Waals surface area contributed by atoms with Crippen molar-refractivity contribution in [2.24, 2.45) is 0 Å². The first kappa shape index (κ1) is 23.7. The molecule has 1 aliphatic rings. The second-order valence-corrected chi connectivity index (χ2v) is 8.70. The van der Waals surface area contributed by atoms with Gasteiger partial charge in [0.25, 0.3) is 0 Å². The predicted octanol–water partition coefficient (Wildman–Crippen LogP) is 4.56. The van der Waals surface area contributed by atoms with E-state index in [2.05, 4.69) is 10.3 Å². The van der Waals surface area contributed by atoms with Gasteiger partial charge < -0.3 is 24.5 Å². The monoisotopic (exact) mass is 489 g/mol. The molecule has 1 amide bonds. The van der Waals surface area contributed by atoms with E-state index in [1.807, 2.05) is 48.5 Å². The Morgan fingerprint density at radius 1 is 1.09 bits per heavy atom. The van der Waals surface area contributed by atoms with Crippen molar-refractivity contribution in [3.05, 3.63) is 87.4 Å². The number of carbonyl (C=O) groups is 1. The third-order valence-corrected chi connectivity index (χ3v) is 6.31. The van der Waals surface area contributed by atoms with Gasteiger partial charge in [-0.05, 0) is 16.7 Å². The number of carbonyl (C=O) groups excluding carboxylic acids is 1. The number of nitrogens with zero attached hydrogens (tertiary/aromatic N) is 2. The van der Waals surface area contributed by atoms with Gasteiger partial charge >= 0.3 is 0 Å². The van der Waals surface area contributed by atoms with Gasteiger partial charge in [-0.25, -0.2) is 4.98 Å². The maximum absolute atomic E-state index is 11.2. The number of hydrogen-bond donors (Lipinski definition) is 2. The standard InChI is InChI=1S/C24H25Cl2N3O4/c1-15(31)27-11-16-2-8-19(9-3-16)24-32-20(12-29-14-28-22(25)23(29)26)10-21(33-24)18-6-4-17(13-30)5-7-18/h2-9,14,20-21,24,30H,10-13H2,1H3,(H,27,31)/t20-,21+,24+/m1/s1. The second kappa shape index (κ2) is 10.7. The van der Waals surface area contributed by atoms with Crippen LogP contribution in [0.15, 0.2) is 54.9 Å². The highest BCUT2D eigenvalue weighted by Crippen LogP contribution is 2.38. The first-order valence-electron chi connectivity index (χ1n) is 10.6. The van der Waals surface area contributed by atoms with E-state index in [0.717, 1.165) is 22.3 Å². The summed E-state index contributed by atoms with van der Waals surface area (Å²) in [5.74, 6) is -0.0748. The van der Waals surface area contributed by atoms with Crippen LogP contribution in [-0.4, -0.2) is 26.7 Å². The fourth-order valence-electron chi connectivity index (χ4n) is 3.74. The number of hydrogen-bond acceptors (Lipinski definition) is 5. The Kier molecular flexibility index (Phi) is 7.67. The van der Waals surface area contributed by atoms with Crippen molar-refractivity contribution >= 4 is 29.1 Å². The number of halogens is 2. The molecule has 0 bridgehead atoms. The van der Waals surface area contributed by atoms with Crippen molar-refractivity contribution in [1.82, 2.24) is 14.9 Å². The molecule has 174 valence electrons. The molecule has 1 aliphatic heterocycles. The smallest absolute Gasteiger partial charge is 0.217 e. The van der Waals surface area contributed by atoms with E-state index in [1.54, 1.807) is 10.9 Å². The summed E-state index contributed by atoms with van der Waals surface area (Å²) in [7, 11) is 0. The highest BCUT2D eigenvalue weighted by atomic mass is 35.5. The van der Waals surface area contributed by atoms with Crippen molar-refractivity contribution in [3.8, 4) is 0 Å². The lowest BCUT2D eigenvalue weighted by Gasteiger charge is -2.36. The van der Waals surface area contributed by atoms with Gasteiger partial charge in [-0.3, -0.25) is 4.79 Å². The van der Waals surface area contributed by atoms with E-state index in [-0.39, 0.29) is 29.9 Å². The zero-order valence-corrected chi connectivity index (χ0v) is 19.6. The van der Waals surface area contributed by atoms with Crippen LogP contribution >= 0.6 is 23.2 Å². The van der Waals surface area contributed by atoms with Crippen LogP contribution in [-0.2, 0) is 34.0 Å². The molecule has 0 saturated carbocycles. The predicted molar refractivity (Wildman–Crippen MR) is 125 cm³/mol.